The van der Waals surface area contributed by atoms with E-state index in [1.54, 1.807) is 6.20 Å². The van der Waals surface area contributed by atoms with Gasteiger partial charge < -0.3 is 5.73 Å². The molecule has 1 fully saturated rings. The Hall–Kier alpha value is -1.45. The first kappa shape index (κ1) is 8.16. The third-order valence-electron chi connectivity index (χ3n) is 2.06. The molecule has 13 heavy (non-hydrogen) atoms. The van der Waals surface area contributed by atoms with Gasteiger partial charge in [-0.2, -0.15) is 0 Å². The zero-order chi connectivity index (χ0) is 9.10. The summed E-state index contributed by atoms with van der Waals surface area (Å²) in [6.07, 6.45) is 5.63. The van der Waals surface area contributed by atoms with E-state index in [1.807, 2.05) is 6.07 Å². The fraction of sp³-hybridized carbons (Fsp3) is 0.444. The highest BCUT2D eigenvalue weighted by Crippen LogP contribution is 2.28. The van der Waals surface area contributed by atoms with E-state index in [0.717, 1.165) is 11.5 Å². The van der Waals surface area contributed by atoms with Gasteiger partial charge in [0.05, 0.1) is 18.1 Å². The third-order valence-corrected chi connectivity index (χ3v) is 2.06. The molecule has 68 valence electrons. The molecular formula is C9H12N4. The Balaban J connectivity index is 1.95. The average molecular weight is 176 g/mol. The van der Waals surface area contributed by atoms with Crippen LogP contribution in [0.4, 0.5) is 0 Å². The van der Waals surface area contributed by atoms with Crippen molar-refractivity contribution in [2.45, 2.75) is 19.4 Å². The first-order valence-corrected chi connectivity index (χ1v) is 4.41. The van der Waals surface area contributed by atoms with Gasteiger partial charge in [-0.15, -0.1) is 0 Å². The van der Waals surface area contributed by atoms with Gasteiger partial charge >= 0.3 is 0 Å². The molecule has 1 aliphatic rings. The minimum Gasteiger partial charge on any atom is -0.387 e. The second kappa shape index (κ2) is 3.51. The summed E-state index contributed by atoms with van der Waals surface area (Å²) in [5.41, 5.74) is 6.65. The molecule has 1 saturated carbocycles. The first-order valence-electron chi connectivity index (χ1n) is 4.41. The predicted molar refractivity (Wildman–Crippen MR) is 50.1 cm³/mol. The summed E-state index contributed by atoms with van der Waals surface area (Å²) >= 11 is 0. The summed E-state index contributed by atoms with van der Waals surface area (Å²) in [6.45, 7) is 0.574. The van der Waals surface area contributed by atoms with Crippen LogP contribution >= 0.6 is 0 Å². The van der Waals surface area contributed by atoms with Crippen LogP contribution in [-0.4, -0.2) is 15.8 Å². The van der Waals surface area contributed by atoms with Crippen molar-refractivity contribution in [3.8, 4) is 0 Å². The molecular weight excluding hydrogens is 164 g/mol. The average Bonchev–Trinajstić information content (AvgIpc) is 2.99. The van der Waals surface area contributed by atoms with Gasteiger partial charge in [-0.25, -0.2) is 9.97 Å². The summed E-state index contributed by atoms with van der Waals surface area (Å²) < 4.78 is 0. The van der Waals surface area contributed by atoms with E-state index < -0.39 is 0 Å². The Morgan fingerprint density at radius 2 is 2.46 bits per heavy atom. The summed E-state index contributed by atoms with van der Waals surface area (Å²) in [5, 5.41) is 0. The molecule has 0 aromatic carbocycles. The number of hydrogen-bond donors (Lipinski definition) is 1. The van der Waals surface area contributed by atoms with Crippen LogP contribution in [0.3, 0.4) is 0 Å². The summed E-state index contributed by atoms with van der Waals surface area (Å²) in [5.74, 6) is 1.32. The van der Waals surface area contributed by atoms with Gasteiger partial charge in [-0.05, 0) is 18.9 Å². The quantitative estimate of drug-likeness (QED) is 0.545. The summed E-state index contributed by atoms with van der Waals surface area (Å²) in [6, 6.07) is 1.85. The number of hydrogen-bond acceptors (Lipinski definition) is 3. The lowest BCUT2D eigenvalue weighted by molar-refractivity contribution is 0.945. The fourth-order valence-corrected chi connectivity index (χ4v) is 1.09. The van der Waals surface area contributed by atoms with Crippen LogP contribution in [0.1, 0.15) is 18.5 Å². The number of rotatable bonds is 3. The van der Waals surface area contributed by atoms with E-state index in [-0.39, 0.29) is 0 Å². The van der Waals surface area contributed by atoms with Crippen molar-refractivity contribution in [3.05, 3.63) is 24.3 Å². The highest BCUT2D eigenvalue weighted by Gasteiger charge is 2.25. The van der Waals surface area contributed by atoms with Crippen LogP contribution in [0, 0.1) is 5.92 Å². The van der Waals surface area contributed by atoms with Crippen LogP contribution in [-0.2, 0) is 6.54 Å². The molecule has 0 saturated heterocycles. The predicted octanol–water partition coefficient (Wildman–Crippen LogP) is 0.744. The standard InChI is InChI=1S/C9H12N4/c10-9(7-1-2-7)12-5-8-3-4-11-6-13-8/h3-4,6-7H,1-2,5H2,(H2,10,12). The lowest BCUT2D eigenvalue weighted by atomic mass is 10.4. The Kier molecular flexibility index (Phi) is 2.21. The Morgan fingerprint density at radius 1 is 1.62 bits per heavy atom. The molecule has 2 rings (SSSR count). The van der Waals surface area contributed by atoms with Crippen LogP contribution < -0.4 is 5.73 Å². The fourth-order valence-electron chi connectivity index (χ4n) is 1.09. The Labute approximate surface area is 76.9 Å². The molecule has 0 bridgehead atoms. The van der Waals surface area contributed by atoms with Crippen LogP contribution in [0.2, 0.25) is 0 Å². The highest BCUT2D eigenvalue weighted by atomic mass is 14.9. The Bertz CT molecular complexity index is 303. The summed E-state index contributed by atoms with van der Waals surface area (Å²) in [4.78, 5) is 12.1. The van der Waals surface area contributed by atoms with Crippen molar-refractivity contribution in [3.63, 3.8) is 0 Å². The number of nitrogens with two attached hydrogens (primary N) is 1. The van der Waals surface area contributed by atoms with Crippen molar-refractivity contribution in [1.29, 1.82) is 0 Å². The number of aromatic nitrogens is 2. The molecule has 1 aromatic rings. The lowest BCUT2D eigenvalue weighted by Crippen LogP contribution is -2.14. The van der Waals surface area contributed by atoms with E-state index in [9.17, 15) is 0 Å². The van der Waals surface area contributed by atoms with Gasteiger partial charge in [-0.1, -0.05) is 0 Å². The second-order valence-corrected chi connectivity index (χ2v) is 3.22. The molecule has 2 N–H and O–H groups in total. The smallest absolute Gasteiger partial charge is 0.115 e. The lowest BCUT2D eigenvalue weighted by Gasteiger charge is -1.97. The topological polar surface area (TPSA) is 64.2 Å². The zero-order valence-corrected chi connectivity index (χ0v) is 7.35. The van der Waals surface area contributed by atoms with Gasteiger partial charge in [0.15, 0.2) is 0 Å². The molecule has 0 radical (unpaired) electrons. The van der Waals surface area contributed by atoms with Gasteiger partial charge in [0.1, 0.15) is 6.33 Å². The van der Waals surface area contributed by atoms with Crippen molar-refractivity contribution < 1.29 is 0 Å². The maximum Gasteiger partial charge on any atom is 0.115 e. The largest absolute Gasteiger partial charge is 0.387 e. The van der Waals surface area contributed by atoms with Crippen molar-refractivity contribution >= 4 is 5.84 Å². The maximum absolute atomic E-state index is 5.73. The second-order valence-electron chi connectivity index (χ2n) is 3.22. The van der Waals surface area contributed by atoms with Gasteiger partial charge in [0.2, 0.25) is 0 Å². The molecule has 1 aliphatic carbocycles. The Morgan fingerprint density at radius 3 is 3.08 bits per heavy atom. The summed E-state index contributed by atoms with van der Waals surface area (Å²) in [7, 11) is 0. The SMILES string of the molecule is NC(=NCc1ccncn1)C1CC1. The first-order chi connectivity index (χ1) is 6.36. The molecule has 4 heteroatoms. The van der Waals surface area contributed by atoms with E-state index in [0.29, 0.717) is 12.5 Å². The van der Waals surface area contributed by atoms with E-state index >= 15 is 0 Å². The molecule has 0 spiro atoms. The van der Waals surface area contributed by atoms with Crippen molar-refractivity contribution in [2.24, 2.45) is 16.6 Å². The number of nitrogens with zero attached hydrogens (tertiary/aromatic N) is 3. The zero-order valence-electron chi connectivity index (χ0n) is 7.35. The number of aliphatic imine (C=N–C) groups is 1. The van der Waals surface area contributed by atoms with Crippen molar-refractivity contribution in [2.75, 3.05) is 0 Å². The van der Waals surface area contributed by atoms with Crippen molar-refractivity contribution in [1.82, 2.24) is 9.97 Å². The van der Waals surface area contributed by atoms with E-state index in [4.69, 9.17) is 5.73 Å². The normalized spacial score (nSPS) is 17.4. The molecule has 0 aliphatic heterocycles. The monoisotopic (exact) mass is 176 g/mol. The third kappa shape index (κ3) is 2.24. The van der Waals surface area contributed by atoms with Gasteiger partial charge in [0, 0.05) is 12.1 Å². The molecule has 1 heterocycles. The van der Waals surface area contributed by atoms with E-state index in [2.05, 4.69) is 15.0 Å². The van der Waals surface area contributed by atoms with Gasteiger partial charge in [-0.3, -0.25) is 4.99 Å². The van der Waals surface area contributed by atoms with Gasteiger partial charge in [0.25, 0.3) is 0 Å². The maximum atomic E-state index is 5.73. The minimum absolute atomic E-state index is 0.543. The molecule has 0 atom stereocenters. The molecule has 1 aromatic heterocycles. The molecule has 0 amide bonds. The minimum atomic E-state index is 0.543. The van der Waals surface area contributed by atoms with Crippen LogP contribution in [0.15, 0.2) is 23.6 Å². The molecule has 0 unspecified atom stereocenters. The highest BCUT2D eigenvalue weighted by molar-refractivity contribution is 5.84. The van der Waals surface area contributed by atoms with Crippen LogP contribution in [0.25, 0.3) is 0 Å². The van der Waals surface area contributed by atoms with Crippen LogP contribution in [0.5, 0.6) is 0 Å². The van der Waals surface area contributed by atoms with E-state index in [1.165, 1.54) is 19.2 Å². The number of amidine groups is 1. The molecule has 4 nitrogen and oxygen atoms in total.